The van der Waals surface area contributed by atoms with Crippen LogP contribution in [0.4, 0.5) is 8.63 Å². The van der Waals surface area contributed by atoms with Crippen molar-refractivity contribution < 1.29 is 18.2 Å². The number of nitrogens with zero attached hydrogens (tertiary/aromatic N) is 2. The number of hydrogen-bond donors (Lipinski definition) is 1. The molecule has 22 heavy (non-hydrogen) atoms. The number of esters is 1. The van der Waals surface area contributed by atoms with Crippen LogP contribution in [0.25, 0.3) is 5.70 Å². The van der Waals surface area contributed by atoms with Crippen molar-refractivity contribution in [3.63, 3.8) is 0 Å². The first-order valence-corrected chi connectivity index (χ1v) is 6.93. The van der Waals surface area contributed by atoms with Crippen molar-refractivity contribution in [2.45, 2.75) is 13.3 Å². The second-order valence-corrected chi connectivity index (χ2v) is 4.46. The number of carbonyl (C=O) groups is 1. The molecule has 0 aliphatic carbocycles. The Morgan fingerprint density at radius 3 is 2.95 bits per heavy atom. The summed E-state index contributed by atoms with van der Waals surface area (Å²) in [5, 5.41) is 3.01. The van der Waals surface area contributed by atoms with Crippen molar-refractivity contribution in [2.24, 2.45) is 4.99 Å². The summed E-state index contributed by atoms with van der Waals surface area (Å²) in [5.41, 5.74) is 1.32. The van der Waals surface area contributed by atoms with E-state index in [1.54, 1.807) is 31.4 Å². The maximum Gasteiger partial charge on any atom is 0.677 e. The van der Waals surface area contributed by atoms with E-state index in [0.717, 1.165) is 4.48 Å². The predicted molar refractivity (Wildman–Crippen MR) is 81.6 cm³/mol. The third kappa shape index (κ3) is 3.84. The summed E-state index contributed by atoms with van der Waals surface area (Å²) in [5.74, 6) is -0.339. The van der Waals surface area contributed by atoms with E-state index in [9.17, 15) is 13.4 Å². The number of rotatable bonds is 7. The average Bonchev–Trinajstić information content (AvgIpc) is 3.15. The normalized spacial score (nSPS) is 15.0. The molecular weight excluding hydrogens is 291 g/mol. The Morgan fingerprint density at radius 2 is 2.32 bits per heavy atom. The lowest BCUT2D eigenvalue weighted by atomic mass is 10.1. The highest BCUT2D eigenvalue weighted by atomic mass is 19.2. The zero-order valence-electron chi connectivity index (χ0n) is 12.1. The Kier molecular flexibility index (Phi) is 5.51. The van der Waals surface area contributed by atoms with Crippen LogP contribution in [-0.4, -0.2) is 37.2 Å². The number of hydrogen-bond acceptors (Lipinski definition) is 4. The molecule has 1 aliphatic heterocycles. The van der Waals surface area contributed by atoms with Gasteiger partial charge in [-0.1, -0.05) is 0 Å². The van der Waals surface area contributed by atoms with E-state index in [4.69, 9.17) is 4.74 Å². The number of aliphatic imine (C=N–C) groups is 1. The Balaban J connectivity index is 2.17. The summed E-state index contributed by atoms with van der Waals surface area (Å²) >= 11 is 0. The molecule has 0 saturated carbocycles. The first kappa shape index (κ1) is 16.0. The van der Waals surface area contributed by atoms with Gasteiger partial charge >= 0.3 is 13.4 Å². The second kappa shape index (κ2) is 7.58. The monoisotopic (exact) mass is 307 g/mol. The molecule has 1 aromatic heterocycles. The van der Waals surface area contributed by atoms with E-state index >= 15 is 0 Å². The number of halogens is 2. The summed E-state index contributed by atoms with van der Waals surface area (Å²) in [6.45, 7) is 2.32. The van der Waals surface area contributed by atoms with Gasteiger partial charge in [-0.2, -0.15) is 0 Å². The van der Waals surface area contributed by atoms with Crippen LogP contribution in [0, 0.1) is 0 Å². The van der Waals surface area contributed by atoms with Crippen LogP contribution in [0.5, 0.6) is 0 Å². The molecule has 1 aromatic rings. The van der Waals surface area contributed by atoms with Crippen LogP contribution in [0.3, 0.4) is 0 Å². The molecule has 1 aliphatic rings. The van der Waals surface area contributed by atoms with Crippen LogP contribution in [0.1, 0.15) is 19.0 Å². The molecule has 0 spiro atoms. The van der Waals surface area contributed by atoms with Gasteiger partial charge in [0.25, 0.3) is 0 Å². The first-order chi connectivity index (χ1) is 10.6. The van der Waals surface area contributed by atoms with Gasteiger partial charge in [-0.3, -0.25) is 18.4 Å². The maximum atomic E-state index is 13.0. The molecule has 0 bridgehead atoms. The number of nitrogens with one attached hydrogen (secondary N) is 1. The molecule has 0 saturated heterocycles. The summed E-state index contributed by atoms with van der Waals surface area (Å²) in [4.78, 5) is 15.5. The molecule has 116 valence electrons. The second-order valence-electron chi connectivity index (χ2n) is 4.46. The van der Waals surface area contributed by atoms with Crippen LogP contribution >= 0.6 is 0 Å². The minimum absolute atomic E-state index is 0.146. The molecule has 0 atom stereocenters. The highest BCUT2D eigenvalue weighted by Gasteiger charge is 2.22. The maximum absolute atomic E-state index is 13.0. The zero-order valence-corrected chi connectivity index (χ0v) is 12.1. The van der Waals surface area contributed by atoms with E-state index < -0.39 is 7.40 Å². The van der Waals surface area contributed by atoms with Gasteiger partial charge in [-0.25, -0.2) is 0 Å². The SMILES string of the molecule is CCOC(=O)CCN/C(=C1\C=CC=N1)c1cccn1B(F)F. The predicted octanol–water partition coefficient (Wildman–Crippen LogP) is 2.11. The zero-order chi connectivity index (χ0) is 15.9. The lowest BCUT2D eigenvalue weighted by molar-refractivity contribution is -0.142. The third-order valence-electron chi connectivity index (χ3n) is 2.99. The van der Waals surface area contributed by atoms with E-state index in [2.05, 4.69) is 10.3 Å². The minimum Gasteiger partial charge on any atom is -0.466 e. The van der Waals surface area contributed by atoms with Gasteiger partial charge in [0.05, 0.1) is 30.1 Å². The van der Waals surface area contributed by atoms with Crippen LogP contribution in [-0.2, 0) is 9.53 Å². The van der Waals surface area contributed by atoms with Gasteiger partial charge < -0.3 is 14.5 Å². The largest absolute Gasteiger partial charge is 0.677 e. The summed E-state index contributed by atoms with van der Waals surface area (Å²) in [6, 6.07) is 3.12. The summed E-state index contributed by atoms with van der Waals surface area (Å²) in [6.07, 6.45) is 6.47. The van der Waals surface area contributed by atoms with Crippen molar-refractivity contribution in [1.29, 1.82) is 0 Å². The Hall–Kier alpha value is -2.38. The van der Waals surface area contributed by atoms with Crippen molar-refractivity contribution in [2.75, 3.05) is 13.2 Å². The molecule has 0 fully saturated rings. The number of ether oxygens (including phenoxy) is 1. The Bertz CT molecular complexity index is 609. The molecule has 2 rings (SSSR count). The fraction of sp³-hybridized carbons (Fsp3) is 0.286. The summed E-state index contributed by atoms with van der Waals surface area (Å²) in [7, 11) is -2.65. The van der Waals surface area contributed by atoms with Gasteiger partial charge in [0.1, 0.15) is 0 Å². The fourth-order valence-electron chi connectivity index (χ4n) is 2.06. The van der Waals surface area contributed by atoms with Gasteiger partial charge in [0.2, 0.25) is 0 Å². The average molecular weight is 307 g/mol. The van der Waals surface area contributed by atoms with Crippen LogP contribution in [0.15, 0.2) is 41.2 Å². The van der Waals surface area contributed by atoms with E-state index in [1.807, 2.05) is 0 Å². The first-order valence-electron chi connectivity index (χ1n) is 6.93. The van der Waals surface area contributed by atoms with Gasteiger partial charge in [0, 0.05) is 12.8 Å². The number of carbonyl (C=O) groups excluding carboxylic acids is 1. The fourth-order valence-corrected chi connectivity index (χ4v) is 2.06. The van der Waals surface area contributed by atoms with Crippen molar-refractivity contribution in [3.8, 4) is 0 Å². The lowest BCUT2D eigenvalue weighted by Crippen LogP contribution is -2.23. The lowest BCUT2D eigenvalue weighted by Gasteiger charge is -2.14. The van der Waals surface area contributed by atoms with Crippen LogP contribution in [0.2, 0.25) is 0 Å². The summed E-state index contributed by atoms with van der Waals surface area (Å²) < 4.78 is 31.8. The molecule has 8 heteroatoms. The van der Waals surface area contributed by atoms with Crippen molar-refractivity contribution >= 4 is 25.3 Å². The molecule has 0 unspecified atom stereocenters. The van der Waals surface area contributed by atoms with E-state index in [1.165, 1.54) is 12.3 Å². The molecule has 0 radical (unpaired) electrons. The minimum atomic E-state index is -2.65. The molecule has 1 N–H and O–H groups in total. The van der Waals surface area contributed by atoms with Crippen molar-refractivity contribution in [1.82, 2.24) is 9.79 Å². The third-order valence-corrected chi connectivity index (χ3v) is 2.99. The standard InChI is InChI=1S/C14H16BF2N3O2/c1-2-22-13(21)7-9-19-14(11-5-3-8-18-11)12-6-4-10-20(12)15(16)17/h3-6,8,10,19H,2,7,9H2,1H3/b14-11+. The van der Waals surface area contributed by atoms with E-state index in [-0.39, 0.29) is 18.9 Å². The Morgan fingerprint density at radius 1 is 1.50 bits per heavy atom. The molecule has 0 amide bonds. The molecular formula is C14H16BF2N3O2. The molecule has 5 nitrogen and oxygen atoms in total. The van der Waals surface area contributed by atoms with Crippen LogP contribution < -0.4 is 5.32 Å². The van der Waals surface area contributed by atoms with Gasteiger partial charge in [-0.05, 0) is 37.4 Å². The number of allylic oxidation sites excluding steroid dienone is 2. The quantitative estimate of drug-likeness (QED) is 0.620. The van der Waals surface area contributed by atoms with Gasteiger partial charge in [-0.15, -0.1) is 0 Å². The highest BCUT2D eigenvalue weighted by Crippen LogP contribution is 2.21. The smallest absolute Gasteiger partial charge is 0.466 e. The van der Waals surface area contributed by atoms with E-state index in [0.29, 0.717) is 23.7 Å². The molecule has 2 heterocycles. The van der Waals surface area contributed by atoms with Crippen molar-refractivity contribution in [3.05, 3.63) is 41.9 Å². The highest BCUT2D eigenvalue weighted by molar-refractivity contribution is 6.41. The molecule has 0 aromatic carbocycles. The van der Waals surface area contributed by atoms with Gasteiger partial charge in [0.15, 0.2) is 0 Å². The Labute approximate surface area is 127 Å². The topological polar surface area (TPSA) is 55.6 Å². The number of aromatic nitrogens is 1.